The second-order valence-corrected chi connectivity index (χ2v) is 8.53. The first-order valence-electron chi connectivity index (χ1n) is 11.0. The summed E-state index contributed by atoms with van der Waals surface area (Å²) >= 11 is 0. The van der Waals surface area contributed by atoms with Gasteiger partial charge in [0.2, 0.25) is 11.8 Å². The van der Waals surface area contributed by atoms with E-state index in [1.807, 2.05) is 24.3 Å². The molecule has 1 aromatic heterocycles. The molecule has 5 rings (SSSR count). The molecule has 2 amide bonds. The number of carbonyl (C=O) groups is 2. The van der Waals surface area contributed by atoms with Crippen LogP contribution in [-0.2, 0) is 25.5 Å². The summed E-state index contributed by atoms with van der Waals surface area (Å²) in [4.78, 5) is 33.7. The Kier molecular flexibility index (Phi) is 5.84. The first kappa shape index (κ1) is 22.5. The molecule has 3 atom stereocenters. The van der Waals surface area contributed by atoms with E-state index in [1.165, 1.54) is 31.3 Å². The van der Waals surface area contributed by atoms with Crippen LogP contribution in [0.15, 0.2) is 48.5 Å². The molecule has 0 spiro atoms. The third kappa shape index (κ3) is 3.65. The lowest BCUT2D eigenvalue weighted by Gasteiger charge is -2.47. The molecule has 1 saturated heterocycles. The molecule has 1 fully saturated rings. The van der Waals surface area contributed by atoms with Gasteiger partial charge in [-0.05, 0) is 17.2 Å². The van der Waals surface area contributed by atoms with E-state index in [1.54, 1.807) is 17.0 Å². The van der Waals surface area contributed by atoms with Crippen LogP contribution in [-0.4, -0.2) is 71.4 Å². The van der Waals surface area contributed by atoms with Gasteiger partial charge < -0.3 is 29.5 Å². The van der Waals surface area contributed by atoms with Crippen molar-refractivity contribution in [2.45, 2.75) is 24.8 Å². The van der Waals surface area contributed by atoms with Crippen LogP contribution in [0, 0.1) is 5.21 Å². The molecule has 2 aromatic carbocycles. The second kappa shape index (κ2) is 8.82. The Balaban J connectivity index is 1.61. The topological polar surface area (TPSA) is 123 Å². The molecule has 3 heterocycles. The van der Waals surface area contributed by atoms with E-state index in [2.05, 4.69) is 4.98 Å². The van der Waals surface area contributed by atoms with Gasteiger partial charge in [0, 0.05) is 49.4 Å². The highest BCUT2D eigenvalue weighted by Gasteiger charge is 2.48. The lowest BCUT2D eigenvalue weighted by molar-refractivity contribution is -0.991. The fourth-order valence-corrected chi connectivity index (χ4v) is 5.06. The lowest BCUT2D eigenvalue weighted by Crippen LogP contribution is -2.99. The predicted molar refractivity (Wildman–Crippen MR) is 121 cm³/mol. The van der Waals surface area contributed by atoms with Crippen LogP contribution in [0.1, 0.15) is 22.9 Å². The minimum absolute atomic E-state index is 0.0855. The summed E-state index contributed by atoms with van der Waals surface area (Å²) in [7, 11) is 2.98. The minimum atomic E-state index is -1.02. The molecule has 178 valence electrons. The van der Waals surface area contributed by atoms with E-state index in [0.717, 1.165) is 27.7 Å². The number of nitrogens with one attached hydrogen (secondary N) is 2. The Bertz CT molecular complexity index is 1220. The number of para-hydroxylation sites is 1. The lowest BCUT2D eigenvalue weighted by atomic mass is 9.86. The van der Waals surface area contributed by atoms with E-state index >= 15 is 0 Å². The molecule has 0 bridgehead atoms. The normalized spacial score (nSPS) is 21.2. The quantitative estimate of drug-likeness (QED) is 0.366. The number of quaternary nitrogens is 1. The van der Waals surface area contributed by atoms with Crippen molar-refractivity contribution >= 4 is 28.4 Å². The molecule has 0 radical (unpaired) electrons. The van der Waals surface area contributed by atoms with Crippen molar-refractivity contribution in [3.63, 3.8) is 0 Å². The number of carbonyl (C=O) groups excluding carboxylic acids is 2. The first-order valence-corrected chi connectivity index (χ1v) is 11.0. The maximum Gasteiger partial charge on any atom is 0.246 e. The summed E-state index contributed by atoms with van der Waals surface area (Å²) in [6.45, 7) is 0.0679. The first-order chi connectivity index (χ1) is 16.4. The molecule has 2 aliphatic heterocycles. The Labute approximate surface area is 195 Å². The molecular formula is C24H26N4O6. The zero-order valence-corrected chi connectivity index (χ0v) is 18.9. The number of fused-ring (bicyclic) bond motifs is 4. The SMILES string of the molecule is COC(CN1CC(=O)N2C(Cc3c([nH]c4ccccc34)C2c2ccc([NH+]([O-])O)cc2)C1=O)OC. The predicted octanol–water partition coefficient (Wildman–Crippen LogP) is 0.875. The van der Waals surface area contributed by atoms with Gasteiger partial charge in [0.25, 0.3) is 0 Å². The summed E-state index contributed by atoms with van der Waals surface area (Å²) in [5.74, 6) is -0.353. The average molecular weight is 466 g/mol. The zero-order chi connectivity index (χ0) is 24.0. The molecule has 2 aliphatic rings. The van der Waals surface area contributed by atoms with Crippen LogP contribution >= 0.6 is 0 Å². The Morgan fingerprint density at radius 1 is 1.15 bits per heavy atom. The molecule has 3 N–H and O–H groups in total. The summed E-state index contributed by atoms with van der Waals surface area (Å²) in [6, 6.07) is 13.1. The molecule has 3 aromatic rings. The van der Waals surface area contributed by atoms with Crippen molar-refractivity contribution < 1.29 is 29.5 Å². The number of rotatable bonds is 6. The van der Waals surface area contributed by atoms with Crippen LogP contribution < -0.4 is 5.23 Å². The fraction of sp³-hybridized carbons (Fsp3) is 0.333. The van der Waals surface area contributed by atoms with Crippen molar-refractivity contribution in [1.82, 2.24) is 14.8 Å². The number of ether oxygens (including phenoxy) is 2. The van der Waals surface area contributed by atoms with Gasteiger partial charge >= 0.3 is 0 Å². The molecule has 10 nitrogen and oxygen atoms in total. The average Bonchev–Trinajstić information content (AvgIpc) is 3.22. The van der Waals surface area contributed by atoms with E-state index in [-0.39, 0.29) is 30.6 Å². The third-order valence-electron chi connectivity index (χ3n) is 6.71. The van der Waals surface area contributed by atoms with Crippen LogP contribution in [0.2, 0.25) is 0 Å². The summed E-state index contributed by atoms with van der Waals surface area (Å²) < 4.78 is 10.5. The molecular weight excluding hydrogens is 440 g/mol. The van der Waals surface area contributed by atoms with Crippen molar-refractivity contribution in [2.24, 2.45) is 0 Å². The smallest absolute Gasteiger partial charge is 0.246 e. The van der Waals surface area contributed by atoms with Gasteiger partial charge in [0.05, 0.1) is 12.6 Å². The van der Waals surface area contributed by atoms with Crippen molar-refractivity contribution in [1.29, 1.82) is 0 Å². The minimum Gasteiger partial charge on any atom is -0.595 e. The fourth-order valence-electron chi connectivity index (χ4n) is 5.06. The number of aromatic nitrogens is 1. The van der Waals surface area contributed by atoms with Gasteiger partial charge in [-0.2, -0.15) is 5.23 Å². The van der Waals surface area contributed by atoms with E-state index in [4.69, 9.17) is 9.47 Å². The highest BCUT2D eigenvalue weighted by molar-refractivity contribution is 5.97. The second-order valence-electron chi connectivity index (χ2n) is 8.53. The van der Waals surface area contributed by atoms with Gasteiger partial charge in [0.1, 0.15) is 12.6 Å². The largest absolute Gasteiger partial charge is 0.595 e. The van der Waals surface area contributed by atoms with Crippen LogP contribution in [0.5, 0.6) is 0 Å². The highest BCUT2D eigenvalue weighted by Crippen LogP contribution is 2.42. The number of amides is 2. The zero-order valence-electron chi connectivity index (χ0n) is 18.9. The number of benzene rings is 2. The number of H-pyrrole nitrogens is 1. The van der Waals surface area contributed by atoms with Crippen molar-refractivity contribution in [3.05, 3.63) is 70.6 Å². The maximum atomic E-state index is 13.6. The van der Waals surface area contributed by atoms with Crippen LogP contribution in [0.3, 0.4) is 0 Å². The Hall–Kier alpha value is -3.28. The number of hydrogen-bond donors (Lipinski definition) is 3. The third-order valence-corrected chi connectivity index (χ3v) is 6.71. The van der Waals surface area contributed by atoms with Crippen LogP contribution in [0.4, 0.5) is 5.69 Å². The summed E-state index contributed by atoms with van der Waals surface area (Å²) in [5, 5.41) is 20.6. The van der Waals surface area contributed by atoms with Gasteiger partial charge in [0.15, 0.2) is 12.0 Å². The molecule has 34 heavy (non-hydrogen) atoms. The number of piperazine rings is 1. The molecule has 10 heteroatoms. The number of methoxy groups -OCH3 is 2. The Morgan fingerprint density at radius 2 is 1.85 bits per heavy atom. The summed E-state index contributed by atoms with van der Waals surface area (Å²) in [6.07, 6.45) is -0.246. The monoisotopic (exact) mass is 466 g/mol. The number of nitrogens with zero attached hydrogens (tertiary/aromatic N) is 2. The van der Waals surface area contributed by atoms with E-state index in [0.29, 0.717) is 6.42 Å². The number of aromatic amines is 1. The van der Waals surface area contributed by atoms with Gasteiger partial charge in [-0.1, -0.05) is 30.3 Å². The highest BCUT2D eigenvalue weighted by atomic mass is 16.8. The Morgan fingerprint density at radius 3 is 2.53 bits per heavy atom. The van der Waals surface area contributed by atoms with Gasteiger partial charge in [-0.3, -0.25) is 9.59 Å². The van der Waals surface area contributed by atoms with Crippen LogP contribution in [0.25, 0.3) is 10.9 Å². The van der Waals surface area contributed by atoms with Gasteiger partial charge in [-0.25, -0.2) is 5.21 Å². The summed E-state index contributed by atoms with van der Waals surface area (Å²) in [5.41, 5.74) is 3.66. The molecule has 0 aliphatic carbocycles. The van der Waals surface area contributed by atoms with E-state index in [9.17, 15) is 20.0 Å². The maximum absolute atomic E-state index is 13.6. The molecule has 3 unspecified atom stereocenters. The van der Waals surface area contributed by atoms with Crippen molar-refractivity contribution in [3.8, 4) is 0 Å². The van der Waals surface area contributed by atoms with Crippen molar-refractivity contribution in [2.75, 3.05) is 27.3 Å². The van der Waals surface area contributed by atoms with E-state index < -0.39 is 23.6 Å². The number of hydrogen-bond acceptors (Lipinski definition) is 6. The molecule has 0 saturated carbocycles. The van der Waals surface area contributed by atoms with Gasteiger partial charge in [-0.15, -0.1) is 0 Å². The standard InChI is InChI=1S/C24H26N4O6/c1-33-21(34-2)13-26-12-20(29)27-19(24(26)30)11-17-16-5-3-4-6-18(16)25-22(17)23(27)14-7-9-15(10-8-14)28(31)32/h3-10,19,21,23,25,28,31H,11-13H2,1-2H3.